The second-order valence-corrected chi connectivity index (χ2v) is 6.58. The Morgan fingerprint density at radius 3 is 2.27 bits per heavy atom. The zero-order valence-corrected chi connectivity index (χ0v) is 15.6. The lowest BCUT2D eigenvalue weighted by atomic mass is 10.0. The van der Waals surface area contributed by atoms with Crippen molar-refractivity contribution in [3.8, 4) is 16.9 Å². The highest BCUT2D eigenvalue weighted by atomic mass is 19.4. The topological polar surface area (TPSA) is 43.6 Å². The molecule has 3 aromatic rings. The first kappa shape index (κ1) is 21.7. The molecule has 3 rings (SSSR count). The molecule has 2 heterocycles. The Hall–Kier alpha value is -3.04. The molecule has 0 aliphatic rings. The van der Waals surface area contributed by atoms with E-state index in [0.717, 1.165) is 40.7 Å². The molecule has 0 radical (unpaired) electrons. The molecule has 0 saturated carbocycles. The van der Waals surface area contributed by atoms with Crippen LogP contribution in [0.1, 0.15) is 24.6 Å². The van der Waals surface area contributed by atoms with Gasteiger partial charge in [0.1, 0.15) is 11.4 Å². The van der Waals surface area contributed by atoms with Crippen LogP contribution in [-0.2, 0) is 12.6 Å². The van der Waals surface area contributed by atoms with Crippen LogP contribution >= 0.6 is 0 Å². The van der Waals surface area contributed by atoms with E-state index in [0.29, 0.717) is 6.42 Å². The van der Waals surface area contributed by atoms with Crippen LogP contribution in [-0.4, -0.2) is 22.2 Å². The molecule has 0 bridgehead atoms. The summed E-state index contributed by atoms with van der Waals surface area (Å²) in [6.45, 7) is 0.372. The number of fused-ring (bicyclic) bond motifs is 1. The molecule has 160 valence electrons. The molecule has 1 aromatic carbocycles. The summed E-state index contributed by atoms with van der Waals surface area (Å²) in [6.07, 6.45) is -6.71. The van der Waals surface area contributed by atoms with Gasteiger partial charge in [0.25, 0.3) is 5.56 Å². The number of pyridine rings is 1. The van der Waals surface area contributed by atoms with Crippen LogP contribution in [0.4, 0.5) is 26.3 Å². The molecular weight excluding hydrogens is 414 g/mol. The number of ether oxygens (including phenoxy) is 1. The second kappa shape index (κ2) is 8.00. The first-order chi connectivity index (χ1) is 14.0. The average Bonchev–Trinajstić information content (AvgIpc) is 2.66. The largest absolute Gasteiger partial charge is 0.484 e. The molecule has 0 saturated heterocycles. The van der Waals surface area contributed by atoms with Crippen LogP contribution in [0.25, 0.3) is 16.8 Å². The first-order valence-corrected chi connectivity index (χ1v) is 8.92. The monoisotopic (exact) mass is 430 g/mol. The van der Waals surface area contributed by atoms with Crippen molar-refractivity contribution < 1.29 is 31.1 Å². The Bertz CT molecular complexity index is 1100. The number of aromatic nitrogens is 2. The van der Waals surface area contributed by atoms with Crippen molar-refractivity contribution in [3.05, 3.63) is 64.2 Å². The van der Waals surface area contributed by atoms with Crippen molar-refractivity contribution in [2.75, 3.05) is 6.61 Å². The van der Waals surface area contributed by atoms with Crippen LogP contribution in [0.5, 0.6) is 5.75 Å². The number of alkyl halides is 6. The van der Waals surface area contributed by atoms with Crippen LogP contribution < -0.4 is 10.3 Å². The van der Waals surface area contributed by atoms with Gasteiger partial charge in [-0.3, -0.25) is 9.20 Å². The summed E-state index contributed by atoms with van der Waals surface area (Å²) < 4.78 is 83.3. The number of rotatable bonds is 5. The Morgan fingerprint density at radius 2 is 1.70 bits per heavy atom. The van der Waals surface area contributed by atoms with E-state index in [-0.39, 0.29) is 17.0 Å². The maximum atomic E-state index is 13.7. The smallest absolute Gasteiger partial charge is 0.434 e. The molecule has 0 aliphatic carbocycles. The standard InChI is InChI=1S/C20H16F6N2O2/c1-2-3-12-8-9-28-15(10-12)27-17(20(24,25)26)16(18(28)29)13-4-6-14(7-5-13)30-11-19(21,22)23/h4-10H,2-3,11H2,1H3. The maximum Gasteiger partial charge on any atom is 0.434 e. The van der Waals surface area contributed by atoms with Gasteiger partial charge in [-0.05, 0) is 41.8 Å². The van der Waals surface area contributed by atoms with E-state index in [2.05, 4.69) is 9.72 Å². The van der Waals surface area contributed by atoms with Crippen LogP contribution in [0.2, 0.25) is 0 Å². The number of hydrogen-bond acceptors (Lipinski definition) is 3. The molecule has 0 amide bonds. The van der Waals surface area contributed by atoms with E-state index < -0.39 is 35.8 Å². The zero-order valence-electron chi connectivity index (χ0n) is 15.6. The normalized spacial score (nSPS) is 12.4. The lowest BCUT2D eigenvalue weighted by molar-refractivity contribution is -0.153. The first-order valence-electron chi connectivity index (χ1n) is 8.92. The van der Waals surface area contributed by atoms with Gasteiger partial charge in [0.05, 0.1) is 5.56 Å². The van der Waals surface area contributed by atoms with Crippen molar-refractivity contribution in [3.63, 3.8) is 0 Å². The summed E-state index contributed by atoms with van der Waals surface area (Å²) in [5.41, 5.74) is -2.50. The summed E-state index contributed by atoms with van der Waals surface area (Å²) in [5, 5.41) is 0. The van der Waals surface area contributed by atoms with Gasteiger partial charge in [0, 0.05) is 6.20 Å². The number of halogens is 6. The fourth-order valence-electron chi connectivity index (χ4n) is 2.97. The van der Waals surface area contributed by atoms with Gasteiger partial charge in [-0.15, -0.1) is 0 Å². The molecule has 30 heavy (non-hydrogen) atoms. The van der Waals surface area contributed by atoms with E-state index in [1.807, 2.05) is 6.92 Å². The van der Waals surface area contributed by atoms with Gasteiger partial charge in [0.2, 0.25) is 0 Å². The van der Waals surface area contributed by atoms with E-state index in [9.17, 15) is 31.1 Å². The Kier molecular flexibility index (Phi) is 5.78. The number of aryl methyl sites for hydroxylation is 1. The predicted octanol–water partition coefficient (Wildman–Crippen LogP) is 5.27. The molecule has 10 heteroatoms. The van der Waals surface area contributed by atoms with Crippen LogP contribution in [0, 0.1) is 0 Å². The SMILES string of the molecule is CCCc1ccn2c(=O)c(-c3ccc(OCC(F)(F)F)cc3)c(C(F)(F)F)nc2c1. The maximum absolute atomic E-state index is 13.7. The van der Waals surface area contributed by atoms with Crippen molar-refractivity contribution >= 4 is 5.65 Å². The summed E-state index contributed by atoms with van der Waals surface area (Å²) in [4.78, 5) is 16.5. The van der Waals surface area contributed by atoms with Gasteiger partial charge in [0.15, 0.2) is 12.3 Å². The number of nitrogens with zero attached hydrogens (tertiary/aromatic N) is 2. The average molecular weight is 430 g/mol. The van der Waals surface area contributed by atoms with E-state index in [1.165, 1.54) is 12.3 Å². The summed E-state index contributed by atoms with van der Waals surface area (Å²) in [6, 6.07) is 7.39. The fraction of sp³-hybridized carbons (Fsp3) is 0.300. The highest BCUT2D eigenvalue weighted by molar-refractivity contribution is 5.68. The van der Waals surface area contributed by atoms with E-state index in [1.54, 1.807) is 6.07 Å². The van der Waals surface area contributed by atoms with Crippen molar-refractivity contribution in [2.45, 2.75) is 32.1 Å². The Morgan fingerprint density at radius 1 is 1.03 bits per heavy atom. The van der Waals surface area contributed by atoms with Gasteiger partial charge in [-0.25, -0.2) is 4.98 Å². The number of benzene rings is 1. The molecule has 4 nitrogen and oxygen atoms in total. The minimum Gasteiger partial charge on any atom is -0.484 e. The third-order valence-corrected chi connectivity index (χ3v) is 4.25. The van der Waals surface area contributed by atoms with Crippen LogP contribution in [0.3, 0.4) is 0 Å². The summed E-state index contributed by atoms with van der Waals surface area (Å²) in [7, 11) is 0. The van der Waals surface area contributed by atoms with Gasteiger partial charge < -0.3 is 4.74 Å². The summed E-state index contributed by atoms with van der Waals surface area (Å²) >= 11 is 0. The zero-order chi connectivity index (χ0) is 22.1. The van der Waals surface area contributed by atoms with E-state index >= 15 is 0 Å². The third kappa shape index (κ3) is 4.74. The predicted molar refractivity (Wildman–Crippen MR) is 97.4 cm³/mol. The lowest BCUT2D eigenvalue weighted by Gasteiger charge is -2.14. The van der Waals surface area contributed by atoms with Crippen LogP contribution in [0.15, 0.2) is 47.4 Å². The minimum atomic E-state index is -4.91. The van der Waals surface area contributed by atoms with Gasteiger partial charge >= 0.3 is 12.4 Å². The molecule has 0 atom stereocenters. The third-order valence-electron chi connectivity index (χ3n) is 4.25. The molecule has 2 aromatic heterocycles. The molecule has 0 fully saturated rings. The molecule has 0 N–H and O–H groups in total. The highest BCUT2D eigenvalue weighted by Crippen LogP contribution is 2.35. The molecule has 0 spiro atoms. The Balaban J connectivity index is 2.11. The molecule has 0 aliphatic heterocycles. The quantitative estimate of drug-likeness (QED) is 0.518. The van der Waals surface area contributed by atoms with E-state index in [4.69, 9.17) is 0 Å². The van der Waals surface area contributed by atoms with Crippen molar-refractivity contribution in [1.29, 1.82) is 0 Å². The van der Waals surface area contributed by atoms with Gasteiger partial charge in [-0.1, -0.05) is 25.5 Å². The minimum absolute atomic E-state index is 0.132. The Labute approximate surface area is 166 Å². The molecule has 0 unspecified atom stereocenters. The second-order valence-electron chi connectivity index (χ2n) is 6.58. The molecular formula is C20H16F6N2O2. The summed E-state index contributed by atoms with van der Waals surface area (Å²) in [5.74, 6) is -0.192. The lowest BCUT2D eigenvalue weighted by Crippen LogP contribution is -2.24. The van der Waals surface area contributed by atoms with Crippen molar-refractivity contribution in [1.82, 2.24) is 9.38 Å². The van der Waals surface area contributed by atoms with Gasteiger partial charge in [-0.2, -0.15) is 26.3 Å². The number of hydrogen-bond donors (Lipinski definition) is 0. The van der Waals surface area contributed by atoms with Crippen molar-refractivity contribution in [2.24, 2.45) is 0 Å². The highest BCUT2D eigenvalue weighted by Gasteiger charge is 2.38. The fourth-order valence-corrected chi connectivity index (χ4v) is 2.97.